The summed E-state index contributed by atoms with van der Waals surface area (Å²) in [6, 6.07) is 1.86. The number of thioether (sulfide) groups is 1. The van der Waals surface area contributed by atoms with Gasteiger partial charge in [0.15, 0.2) is 5.16 Å². The zero-order valence-electron chi connectivity index (χ0n) is 10.3. The molecule has 2 nitrogen and oxygen atoms in total. The van der Waals surface area contributed by atoms with Crippen LogP contribution >= 0.6 is 11.8 Å². The standard InChI is InChI=1S/C14H20N2S/c1-2-7-13(8-3-1)9-4-5-12-17-14-15-10-6-11-16-14/h6-7,10-11H,1-5,8-9,12H2. The Morgan fingerprint density at radius 3 is 2.76 bits per heavy atom. The Morgan fingerprint density at radius 1 is 1.12 bits per heavy atom. The first-order chi connectivity index (χ1) is 8.45. The van der Waals surface area contributed by atoms with E-state index in [-0.39, 0.29) is 0 Å². The van der Waals surface area contributed by atoms with Gasteiger partial charge in [0.05, 0.1) is 0 Å². The fourth-order valence-corrected chi connectivity index (χ4v) is 2.91. The highest BCUT2D eigenvalue weighted by molar-refractivity contribution is 7.99. The van der Waals surface area contributed by atoms with E-state index in [4.69, 9.17) is 0 Å². The summed E-state index contributed by atoms with van der Waals surface area (Å²) in [5.74, 6) is 1.14. The molecule has 0 N–H and O–H groups in total. The van der Waals surface area contributed by atoms with E-state index in [0.29, 0.717) is 0 Å². The summed E-state index contributed by atoms with van der Waals surface area (Å²) in [6.07, 6.45) is 15.4. The Morgan fingerprint density at radius 2 is 2.00 bits per heavy atom. The van der Waals surface area contributed by atoms with Gasteiger partial charge in [-0.1, -0.05) is 23.4 Å². The molecule has 0 saturated carbocycles. The molecule has 17 heavy (non-hydrogen) atoms. The molecule has 0 spiro atoms. The molecule has 0 saturated heterocycles. The van der Waals surface area contributed by atoms with Crippen LogP contribution in [0.15, 0.2) is 35.3 Å². The lowest BCUT2D eigenvalue weighted by Crippen LogP contribution is -1.93. The van der Waals surface area contributed by atoms with Crippen molar-refractivity contribution in [1.82, 2.24) is 9.97 Å². The topological polar surface area (TPSA) is 25.8 Å². The fraction of sp³-hybridized carbons (Fsp3) is 0.571. The van der Waals surface area contributed by atoms with Crippen molar-refractivity contribution in [2.45, 2.75) is 50.1 Å². The number of unbranched alkanes of at least 4 members (excludes halogenated alkanes) is 1. The molecule has 0 fully saturated rings. The van der Waals surface area contributed by atoms with Gasteiger partial charge in [0.1, 0.15) is 0 Å². The van der Waals surface area contributed by atoms with Gasteiger partial charge in [0, 0.05) is 18.1 Å². The minimum absolute atomic E-state index is 0.907. The largest absolute Gasteiger partial charge is 0.231 e. The van der Waals surface area contributed by atoms with Crippen molar-refractivity contribution in [2.24, 2.45) is 0 Å². The van der Waals surface area contributed by atoms with Crippen LogP contribution in [0.2, 0.25) is 0 Å². The van der Waals surface area contributed by atoms with Gasteiger partial charge in [-0.15, -0.1) is 0 Å². The van der Waals surface area contributed by atoms with Crippen molar-refractivity contribution in [3.8, 4) is 0 Å². The fourth-order valence-electron chi connectivity index (χ4n) is 2.11. The second-order valence-electron chi connectivity index (χ2n) is 4.45. The average molecular weight is 248 g/mol. The molecule has 0 bridgehead atoms. The van der Waals surface area contributed by atoms with E-state index < -0.39 is 0 Å². The molecule has 0 unspecified atom stereocenters. The molecule has 1 heterocycles. The summed E-state index contributed by atoms with van der Waals surface area (Å²) in [7, 11) is 0. The average Bonchev–Trinajstić information content (AvgIpc) is 2.41. The van der Waals surface area contributed by atoms with Crippen molar-refractivity contribution in [2.75, 3.05) is 5.75 Å². The van der Waals surface area contributed by atoms with Crippen LogP contribution < -0.4 is 0 Å². The second-order valence-corrected chi connectivity index (χ2v) is 5.51. The SMILES string of the molecule is C1=C(CCCCSc2ncccn2)CCCC1. The second kappa shape index (κ2) is 7.49. The van der Waals surface area contributed by atoms with Crippen LogP contribution in [-0.2, 0) is 0 Å². The number of rotatable bonds is 6. The van der Waals surface area contributed by atoms with Crippen LogP contribution in [0.5, 0.6) is 0 Å². The van der Waals surface area contributed by atoms with E-state index in [2.05, 4.69) is 16.0 Å². The Balaban J connectivity index is 1.56. The Bertz CT molecular complexity index is 348. The summed E-state index contributed by atoms with van der Waals surface area (Å²) in [5.41, 5.74) is 1.69. The lowest BCUT2D eigenvalue weighted by Gasteiger charge is -2.11. The van der Waals surface area contributed by atoms with Crippen LogP contribution in [0.25, 0.3) is 0 Å². The lowest BCUT2D eigenvalue weighted by atomic mass is 9.96. The molecular weight excluding hydrogens is 228 g/mol. The quantitative estimate of drug-likeness (QED) is 0.326. The molecule has 0 amide bonds. The van der Waals surface area contributed by atoms with E-state index >= 15 is 0 Å². The van der Waals surface area contributed by atoms with E-state index in [1.165, 1.54) is 44.9 Å². The van der Waals surface area contributed by atoms with E-state index in [1.54, 1.807) is 17.3 Å². The molecule has 1 aliphatic carbocycles. The predicted molar refractivity (Wildman–Crippen MR) is 73.2 cm³/mol. The maximum Gasteiger partial charge on any atom is 0.187 e. The smallest absolute Gasteiger partial charge is 0.187 e. The van der Waals surface area contributed by atoms with E-state index in [9.17, 15) is 0 Å². The van der Waals surface area contributed by atoms with Gasteiger partial charge in [-0.05, 0) is 51.0 Å². The highest BCUT2D eigenvalue weighted by Crippen LogP contribution is 2.22. The van der Waals surface area contributed by atoms with Crippen LogP contribution in [0.3, 0.4) is 0 Å². The Hall–Kier alpha value is -0.830. The normalized spacial score (nSPS) is 15.6. The number of hydrogen-bond donors (Lipinski definition) is 0. The van der Waals surface area contributed by atoms with E-state index in [0.717, 1.165) is 10.9 Å². The molecule has 1 aromatic heterocycles. The molecule has 1 aliphatic rings. The van der Waals surface area contributed by atoms with Crippen LogP contribution in [0.4, 0.5) is 0 Å². The number of nitrogens with zero attached hydrogens (tertiary/aromatic N) is 2. The van der Waals surface area contributed by atoms with Crippen molar-refractivity contribution in [3.63, 3.8) is 0 Å². The van der Waals surface area contributed by atoms with Crippen molar-refractivity contribution in [1.29, 1.82) is 0 Å². The molecule has 2 rings (SSSR count). The highest BCUT2D eigenvalue weighted by atomic mass is 32.2. The number of hydrogen-bond acceptors (Lipinski definition) is 3. The molecular formula is C14H20N2S. The lowest BCUT2D eigenvalue weighted by molar-refractivity contribution is 0.656. The van der Waals surface area contributed by atoms with Gasteiger partial charge in [-0.2, -0.15) is 0 Å². The van der Waals surface area contributed by atoms with Crippen LogP contribution in [-0.4, -0.2) is 15.7 Å². The third-order valence-corrected chi connectivity index (χ3v) is 4.01. The summed E-state index contributed by atoms with van der Waals surface area (Å²) in [4.78, 5) is 8.41. The van der Waals surface area contributed by atoms with Gasteiger partial charge >= 0.3 is 0 Å². The van der Waals surface area contributed by atoms with Crippen molar-refractivity contribution in [3.05, 3.63) is 30.1 Å². The maximum absolute atomic E-state index is 4.21. The van der Waals surface area contributed by atoms with Crippen LogP contribution in [0, 0.1) is 0 Å². The zero-order valence-corrected chi connectivity index (χ0v) is 11.1. The summed E-state index contributed by atoms with van der Waals surface area (Å²) in [6.45, 7) is 0. The van der Waals surface area contributed by atoms with Gasteiger partial charge in [0.25, 0.3) is 0 Å². The van der Waals surface area contributed by atoms with Crippen molar-refractivity contribution >= 4 is 11.8 Å². The molecule has 0 aliphatic heterocycles. The third kappa shape index (κ3) is 4.90. The molecule has 1 aromatic rings. The monoisotopic (exact) mass is 248 g/mol. The summed E-state index contributed by atoms with van der Waals surface area (Å²) < 4.78 is 0. The van der Waals surface area contributed by atoms with Gasteiger partial charge in [-0.3, -0.25) is 0 Å². The third-order valence-electron chi connectivity index (χ3n) is 3.05. The Kier molecular flexibility index (Phi) is 5.56. The van der Waals surface area contributed by atoms with Crippen molar-refractivity contribution < 1.29 is 0 Å². The first kappa shape index (κ1) is 12.6. The predicted octanol–water partition coefficient (Wildman–Crippen LogP) is 4.24. The Labute approximate surface area is 108 Å². The molecule has 92 valence electrons. The van der Waals surface area contributed by atoms with Gasteiger partial charge < -0.3 is 0 Å². The van der Waals surface area contributed by atoms with Gasteiger partial charge in [0.2, 0.25) is 0 Å². The molecule has 0 aromatic carbocycles. The number of allylic oxidation sites excluding steroid dienone is 2. The first-order valence-electron chi connectivity index (χ1n) is 6.53. The summed E-state index contributed by atoms with van der Waals surface area (Å²) in [5, 5.41) is 0.907. The molecule has 0 atom stereocenters. The number of aromatic nitrogens is 2. The molecule has 3 heteroatoms. The minimum Gasteiger partial charge on any atom is -0.231 e. The summed E-state index contributed by atoms with van der Waals surface area (Å²) >= 11 is 1.77. The van der Waals surface area contributed by atoms with Gasteiger partial charge in [-0.25, -0.2) is 9.97 Å². The van der Waals surface area contributed by atoms with E-state index in [1.807, 2.05) is 18.5 Å². The first-order valence-corrected chi connectivity index (χ1v) is 7.51. The maximum atomic E-state index is 4.21. The van der Waals surface area contributed by atoms with Crippen LogP contribution in [0.1, 0.15) is 44.9 Å². The minimum atomic E-state index is 0.907. The zero-order chi connectivity index (χ0) is 11.8. The highest BCUT2D eigenvalue weighted by Gasteiger charge is 2.03. The molecule has 0 radical (unpaired) electrons.